The van der Waals surface area contributed by atoms with E-state index in [-0.39, 0.29) is 5.69 Å². The van der Waals surface area contributed by atoms with E-state index in [9.17, 15) is 18.5 Å². The van der Waals surface area contributed by atoms with E-state index in [1.165, 1.54) is 18.2 Å². The lowest BCUT2D eigenvalue weighted by Crippen LogP contribution is -2.36. The third-order valence-corrected chi connectivity index (χ3v) is 5.14. The van der Waals surface area contributed by atoms with Gasteiger partial charge in [0.2, 0.25) is 0 Å². The first-order chi connectivity index (χ1) is 12.0. The molecule has 0 saturated carbocycles. The van der Waals surface area contributed by atoms with E-state index in [1.54, 1.807) is 24.3 Å². The van der Waals surface area contributed by atoms with Gasteiger partial charge in [0, 0.05) is 24.8 Å². The molecule has 0 atom stereocenters. The average molecular weight is 362 g/mol. The SMILES string of the molecule is O=[N+]([O-])c1ccccc1S(=O)(=O)[N-]c1ccc(N2CCOCC2)cc1. The van der Waals surface area contributed by atoms with Crippen LogP contribution in [-0.4, -0.2) is 39.6 Å². The number of hydrogen-bond donors (Lipinski definition) is 0. The van der Waals surface area contributed by atoms with Gasteiger partial charge in [-0.15, -0.1) is 5.69 Å². The number of ether oxygens (including phenoxy) is 1. The normalized spacial score (nSPS) is 15.0. The van der Waals surface area contributed by atoms with Gasteiger partial charge in [-0.25, -0.2) is 8.42 Å². The second kappa shape index (κ2) is 7.08. The van der Waals surface area contributed by atoms with E-state index in [4.69, 9.17) is 4.74 Å². The summed E-state index contributed by atoms with van der Waals surface area (Å²) in [6.07, 6.45) is 0. The average Bonchev–Trinajstić information content (AvgIpc) is 2.63. The summed E-state index contributed by atoms with van der Waals surface area (Å²) in [6.45, 7) is 2.84. The van der Waals surface area contributed by atoms with E-state index in [1.807, 2.05) is 0 Å². The predicted molar refractivity (Wildman–Crippen MR) is 92.8 cm³/mol. The summed E-state index contributed by atoms with van der Waals surface area (Å²) in [4.78, 5) is 12.0. The molecule has 132 valence electrons. The lowest BCUT2D eigenvalue weighted by atomic mass is 10.2. The molecule has 2 aromatic rings. The molecular weight excluding hydrogens is 346 g/mol. The number of anilines is 1. The molecule has 1 aliphatic rings. The molecule has 0 N–H and O–H groups in total. The van der Waals surface area contributed by atoms with Crippen LogP contribution in [0, 0.1) is 10.1 Å². The Morgan fingerprint density at radius 2 is 1.68 bits per heavy atom. The molecule has 8 nitrogen and oxygen atoms in total. The first kappa shape index (κ1) is 17.2. The minimum absolute atomic E-state index is 0.218. The van der Waals surface area contributed by atoms with Gasteiger partial charge in [0.15, 0.2) is 0 Å². The highest BCUT2D eigenvalue weighted by Crippen LogP contribution is 2.33. The fourth-order valence-electron chi connectivity index (χ4n) is 2.56. The van der Waals surface area contributed by atoms with E-state index < -0.39 is 25.5 Å². The Bertz CT molecular complexity index is 862. The van der Waals surface area contributed by atoms with Gasteiger partial charge < -0.3 is 14.4 Å². The maximum Gasteiger partial charge on any atom is 0.286 e. The van der Waals surface area contributed by atoms with Gasteiger partial charge >= 0.3 is 0 Å². The molecule has 0 bridgehead atoms. The predicted octanol–water partition coefficient (Wildman–Crippen LogP) is 2.83. The van der Waals surface area contributed by atoms with Gasteiger partial charge in [-0.05, 0) is 18.2 Å². The number of nitro benzene ring substituents is 1. The summed E-state index contributed by atoms with van der Waals surface area (Å²) in [6, 6.07) is 11.9. The minimum Gasteiger partial charge on any atom is -0.572 e. The molecule has 2 aromatic carbocycles. The zero-order valence-electron chi connectivity index (χ0n) is 13.2. The lowest BCUT2D eigenvalue weighted by Gasteiger charge is -2.29. The molecular formula is C16H16N3O5S-. The third kappa shape index (κ3) is 3.89. The molecule has 1 fully saturated rings. The minimum atomic E-state index is -4.18. The number of rotatable bonds is 5. The standard InChI is InChI=1S/C16H16N3O5S/c20-19(21)15-3-1-2-4-16(15)25(22,23)17-13-5-7-14(8-6-13)18-9-11-24-12-10-18/h1-8H,9-12H2/q-1. The first-order valence-electron chi connectivity index (χ1n) is 7.61. The van der Waals surface area contributed by atoms with Crippen LogP contribution in [0.15, 0.2) is 53.4 Å². The van der Waals surface area contributed by atoms with Gasteiger partial charge in [-0.3, -0.25) is 10.1 Å². The molecule has 3 rings (SSSR count). The van der Waals surface area contributed by atoms with Crippen LogP contribution in [0.4, 0.5) is 17.1 Å². The molecule has 1 aliphatic heterocycles. The zero-order valence-corrected chi connectivity index (χ0v) is 14.1. The van der Waals surface area contributed by atoms with Crippen molar-refractivity contribution in [3.63, 3.8) is 0 Å². The maximum atomic E-state index is 12.4. The van der Waals surface area contributed by atoms with Crippen LogP contribution in [0.2, 0.25) is 0 Å². The molecule has 1 saturated heterocycles. The first-order valence-corrected chi connectivity index (χ1v) is 9.05. The summed E-state index contributed by atoms with van der Waals surface area (Å²) in [5, 5.41) is 11.0. The van der Waals surface area contributed by atoms with Crippen molar-refractivity contribution in [2.75, 3.05) is 31.2 Å². The summed E-state index contributed by atoms with van der Waals surface area (Å²) in [5.74, 6) is 0. The van der Waals surface area contributed by atoms with E-state index >= 15 is 0 Å². The number of benzene rings is 2. The molecule has 0 spiro atoms. The third-order valence-electron chi connectivity index (χ3n) is 3.79. The summed E-state index contributed by atoms with van der Waals surface area (Å²) < 4.78 is 33.8. The van der Waals surface area contributed by atoms with Gasteiger partial charge in [-0.2, -0.15) is 0 Å². The second-order valence-electron chi connectivity index (χ2n) is 5.41. The highest BCUT2D eigenvalue weighted by atomic mass is 32.2. The monoisotopic (exact) mass is 362 g/mol. The number of nitrogens with zero attached hydrogens (tertiary/aromatic N) is 3. The van der Waals surface area contributed by atoms with Crippen molar-refractivity contribution >= 4 is 27.1 Å². The number of nitro groups is 1. The van der Waals surface area contributed by atoms with Gasteiger partial charge in [0.25, 0.3) is 5.69 Å². The van der Waals surface area contributed by atoms with E-state index in [2.05, 4.69) is 9.62 Å². The molecule has 0 unspecified atom stereocenters. The number of hydrogen-bond acceptors (Lipinski definition) is 6. The molecule has 0 radical (unpaired) electrons. The lowest BCUT2D eigenvalue weighted by molar-refractivity contribution is -0.387. The van der Waals surface area contributed by atoms with Crippen molar-refractivity contribution in [1.82, 2.24) is 0 Å². The molecule has 25 heavy (non-hydrogen) atoms. The highest BCUT2D eigenvalue weighted by Gasteiger charge is 2.19. The highest BCUT2D eigenvalue weighted by molar-refractivity contribution is 7.94. The fraction of sp³-hybridized carbons (Fsp3) is 0.250. The summed E-state index contributed by atoms with van der Waals surface area (Å²) >= 11 is 0. The molecule has 0 amide bonds. The van der Waals surface area contributed by atoms with Crippen LogP contribution in [-0.2, 0) is 14.8 Å². The van der Waals surface area contributed by atoms with E-state index in [0.717, 1.165) is 24.8 Å². The Morgan fingerprint density at radius 3 is 2.32 bits per heavy atom. The van der Waals surface area contributed by atoms with Gasteiger partial charge in [0.05, 0.1) is 18.1 Å². The van der Waals surface area contributed by atoms with Crippen LogP contribution in [0.25, 0.3) is 4.72 Å². The Labute approximate surface area is 145 Å². The quantitative estimate of drug-likeness (QED) is 0.598. The van der Waals surface area contributed by atoms with E-state index in [0.29, 0.717) is 13.2 Å². The molecule has 0 aromatic heterocycles. The van der Waals surface area contributed by atoms with Crippen LogP contribution in [0.3, 0.4) is 0 Å². The van der Waals surface area contributed by atoms with Crippen LogP contribution in [0.1, 0.15) is 0 Å². The summed E-state index contributed by atoms with van der Waals surface area (Å²) in [5.41, 5.74) is 0.677. The summed E-state index contributed by atoms with van der Waals surface area (Å²) in [7, 11) is -4.18. The number of para-hydroxylation sites is 1. The molecule has 9 heteroatoms. The Hall–Kier alpha value is -2.65. The fourth-order valence-corrected chi connectivity index (χ4v) is 3.71. The number of morpholine rings is 1. The van der Waals surface area contributed by atoms with Crippen molar-refractivity contribution in [3.05, 3.63) is 63.4 Å². The van der Waals surface area contributed by atoms with Crippen molar-refractivity contribution < 1.29 is 18.1 Å². The Kier molecular flexibility index (Phi) is 4.86. The largest absolute Gasteiger partial charge is 0.572 e. The maximum absolute atomic E-state index is 12.4. The van der Waals surface area contributed by atoms with Crippen LogP contribution in [0.5, 0.6) is 0 Å². The van der Waals surface area contributed by atoms with Crippen molar-refractivity contribution in [3.8, 4) is 0 Å². The Morgan fingerprint density at radius 1 is 1.04 bits per heavy atom. The smallest absolute Gasteiger partial charge is 0.286 e. The van der Waals surface area contributed by atoms with Crippen molar-refractivity contribution in [1.29, 1.82) is 0 Å². The molecule has 0 aliphatic carbocycles. The molecule has 1 heterocycles. The zero-order chi connectivity index (χ0) is 17.9. The second-order valence-corrected chi connectivity index (χ2v) is 6.98. The number of sulfonamides is 1. The topological polar surface area (TPSA) is 104 Å². The van der Waals surface area contributed by atoms with Gasteiger partial charge in [-0.1, -0.05) is 24.3 Å². The Balaban J connectivity index is 1.80. The van der Waals surface area contributed by atoms with Crippen LogP contribution < -0.4 is 4.90 Å². The van der Waals surface area contributed by atoms with Gasteiger partial charge in [0.1, 0.15) is 14.9 Å². The van der Waals surface area contributed by atoms with Crippen molar-refractivity contribution in [2.24, 2.45) is 0 Å². The van der Waals surface area contributed by atoms with Crippen molar-refractivity contribution in [2.45, 2.75) is 4.90 Å². The van der Waals surface area contributed by atoms with Crippen LogP contribution >= 0.6 is 0 Å².